The van der Waals surface area contributed by atoms with E-state index in [1.807, 2.05) is 0 Å². The number of halogens is 2. The van der Waals surface area contributed by atoms with Crippen molar-refractivity contribution in [2.75, 3.05) is 0 Å². The van der Waals surface area contributed by atoms with E-state index < -0.39 is 0 Å². The molecular weight excluding hydrogens is 193 g/mol. The molecule has 0 aliphatic carbocycles. The van der Waals surface area contributed by atoms with E-state index >= 15 is 0 Å². The summed E-state index contributed by atoms with van der Waals surface area (Å²) in [5.74, 6) is -0.288. The highest BCUT2D eigenvalue weighted by Gasteiger charge is 2.10. The highest BCUT2D eigenvalue weighted by Crippen LogP contribution is 2.17. The molecule has 0 fully saturated rings. The number of rotatable bonds is 2. The van der Waals surface area contributed by atoms with Gasteiger partial charge in [0.15, 0.2) is 0 Å². The first-order valence-corrected chi connectivity index (χ1v) is 4.35. The maximum atomic E-state index is 12.6. The smallest absolute Gasteiger partial charge is 0.125 e. The molecule has 1 rings (SSSR count). The third-order valence-electron chi connectivity index (χ3n) is 1.58. The van der Waals surface area contributed by atoms with Crippen LogP contribution in [0.2, 0.25) is 0 Å². The Kier molecular flexibility index (Phi) is 3.03. The Bertz CT molecular complexity index is 326. The van der Waals surface area contributed by atoms with Crippen LogP contribution in [-0.4, -0.2) is 15.0 Å². The van der Waals surface area contributed by atoms with E-state index in [1.54, 1.807) is 13.8 Å². The van der Waals surface area contributed by atoms with Gasteiger partial charge in [0, 0.05) is 0 Å². The highest BCUT2D eigenvalue weighted by molar-refractivity contribution is 6.18. The molecule has 0 aliphatic rings. The van der Waals surface area contributed by atoms with Gasteiger partial charge in [-0.25, -0.2) is 9.07 Å². The first kappa shape index (κ1) is 10.2. The first-order valence-electron chi connectivity index (χ1n) is 3.92. The second-order valence-corrected chi connectivity index (χ2v) is 3.44. The standard InChI is InChI=1S/C8H11ClFN3/c1-5(10)4-8-6(2)11-12-13(8)7(3)9/h4,7H,1-3H3/b5-4+. The summed E-state index contributed by atoms with van der Waals surface area (Å²) in [4.78, 5) is 0. The zero-order chi connectivity index (χ0) is 10.0. The van der Waals surface area contributed by atoms with Gasteiger partial charge < -0.3 is 0 Å². The average Bonchev–Trinajstić information content (AvgIpc) is 2.32. The first-order chi connectivity index (χ1) is 6.02. The summed E-state index contributed by atoms with van der Waals surface area (Å²) in [6, 6.07) is 0. The molecule has 1 aromatic heterocycles. The van der Waals surface area contributed by atoms with Gasteiger partial charge in [0.2, 0.25) is 0 Å². The molecule has 13 heavy (non-hydrogen) atoms. The van der Waals surface area contributed by atoms with Gasteiger partial charge >= 0.3 is 0 Å². The van der Waals surface area contributed by atoms with Crippen molar-refractivity contribution in [1.82, 2.24) is 15.0 Å². The Balaban J connectivity index is 3.16. The largest absolute Gasteiger partial charge is 0.227 e. The molecule has 0 aliphatic heterocycles. The molecule has 0 saturated carbocycles. The van der Waals surface area contributed by atoms with Crippen LogP contribution in [-0.2, 0) is 0 Å². The van der Waals surface area contributed by atoms with Crippen molar-refractivity contribution in [2.24, 2.45) is 0 Å². The number of nitrogens with zero attached hydrogens (tertiary/aromatic N) is 3. The summed E-state index contributed by atoms with van der Waals surface area (Å²) in [6.07, 6.45) is 1.37. The predicted octanol–water partition coefficient (Wildman–Crippen LogP) is 2.67. The lowest BCUT2D eigenvalue weighted by Crippen LogP contribution is -2.03. The third kappa shape index (κ3) is 2.28. The molecule has 5 heteroatoms. The van der Waals surface area contributed by atoms with Gasteiger partial charge in [-0.2, -0.15) is 0 Å². The lowest BCUT2D eigenvalue weighted by atomic mass is 10.3. The Morgan fingerprint density at radius 3 is 2.77 bits per heavy atom. The van der Waals surface area contributed by atoms with Crippen molar-refractivity contribution in [3.8, 4) is 0 Å². The second kappa shape index (κ2) is 3.87. The van der Waals surface area contributed by atoms with Crippen molar-refractivity contribution in [3.63, 3.8) is 0 Å². The van der Waals surface area contributed by atoms with Crippen LogP contribution in [0.15, 0.2) is 5.83 Å². The maximum Gasteiger partial charge on any atom is 0.125 e. The molecule has 1 atom stereocenters. The lowest BCUT2D eigenvalue weighted by molar-refractivity contribution is 0.595. The van der Waals surface area contributed by atoms with E-state index in [9.17, 15) is 4.39 Å². The molecule has 0 amide bonds. The van der Waals surface area contributed by atoms with Gasteiger partial charge in [0.05, 0.1) is 17.2 Å². The fourth-order valence-electron chi connectivity index (χ4n) is 1.00. The Morgan fingerprint density at radius 2 is 2.31 bits per heavy atom. The van der Waals surface area contributed by atoms with Crippen molar-refractivity contribution in [1.29, 1.82) is 0 Å². The van der Waals surface area contributed by atoms with Crippen molar-refractivity contribution >= 4 is 17.7 Å². The molecule has 72 valence electrons. The summed E-state index contributed by atoms with van der Waals surface area (Å²) in [7, 11) is 0. The number of allylic oxidation sites excluding steroid dienone is 1. The van der Waals surface area contributed by atoms with Crippen LogP contribution in [0, 0.1) is 6.92 Å². The Hall–Kier alpha value is -0.900. The Labute approximate surface area is 81.2 Å². The molecule has 0 N–H and O–H groups in total. The summed E-state index contributed by atoms with van der Waals surface area (Å²) in [5.41, 5.74) is 0.957. The number of hydrogen-bond acceptors (Lipinski definition) is 2. The molecule has 0 radical (unpaired) electrons. The molecule has 1 heterocycles. The van der Waals surface area contributed by atoms with E-state index in [2.05, 4.69) is 10.3 Å². The van der Waals surface area contributed by atoms with Gasteiger partial charge in [-0.1, -0.05) is 16.8 Å². The minimum absolute atomic E-state index is 0.288. The van der Waals surface area contributed by atoms with Crippen LogP contribution in [0.25, 0.3) is 6.08 Å². The van der Waals surface area contributed by atoms with Crippen molar-refractivity contribution in [3.05, 3.63) is 17.2 Å². The average molecular weight is 204 g/mol. The summed E-state index contributed by atoms with van der Waals surface area (Å²) in [5, 5.41) is 7.60. The van der Waals surface area contributed by atoms with E-state index in [0.29, 0.717) is 11.4 Å². The van der Waals surface area contributed by atoms with Crippen molar-refractivity contribution in [2.45, 2.75) is 26.3 Å². The van der Waals surface area contributed by atoms with Gasteiger partial charge in [-0.15, -0.1) is 5.10 Å². The van der Waals surface area contributed by atoms with Crippen LogP contribution in [0.4, 0.5) is 4.39 Å². The van der Waals surface area contributed by atoms with Gasteiger partial charge in [-0.05, 0) is 26.8 Å². The highest BCUT2D eigenvalue weighted by atomic mass is 35.5. The zero-order valence-corrected chi connectivity index (χ0v) is 8.51. The van der Waals surface area contributed by atoms with Crippen LogP contribution in [0.3, 0.4) is 0 Å². The van der Waals surface area contributed by atoms with Gasteiger partial charge in [-0.3, -0.25) is 0 Å². The van der Waals surface area contributed by atoms with E-state index in [-0.39, 0.29) is 11.3 Å². The van der Waals surface area contributed by atoms with E-state index in [4.69, 9.17) is 11.6 Å². The predicted molar refractivity (Wildman–Crippen MR) is 50.1 cm³/mol. The molecule has 0 spiro atoms. The Morgan fingerprint density at radius 1 is 1.69 bits per heavy atom. The normalized spacial score (nSPS) is 14.7. The summed E-state index contributed by atoms with van der Waals surface area (Å²) >= 11 is 5.81. The topological polar surface area (TPSA) is 30.7 Å². The SMILES string of the molecule is C/C(F)=C\c1c(C)nnn1C(C)Cl. The fraction of sp³-hybridized carbons (Fsp3) is 0.500. The van der Waals surface area contributed by atoms with Crippen LogP contribution < -0.4 is 0 Å². The fourth-order valence-corrected chi connectivity index (χ4v) is 1.15. The molecule has 3 nitrogen and oxygen atoms in total. The minimum atomic E-state index is -0.327. The number of aryl methyl sites for hydroxylation is 1. The van der Waals surface area contributed by atoms with E-state index in [0.717, 1.165) is 0 Å². The number of hydrogen-bond donors (Lipinski definition) is 0. The molecule has 0 bridgehead atoms. The second-order valence-electron chi connectivity index (χ2n) is 2.81. The molecule has 1 aromatic rings. The quantitative estimate of drug-likeness (QED) is 0.692. The van der Waals surface area contributed by atoms with Gasteiger partial charge in [0.1, 0.15) is 5.50 Å². The van der Waals surface area contributed by atoms with Crippen LogP contribution in [0.1, 0.15) is 30.7 Å². The molecular formula is C8H11ClFN3. The molecule has 1 unspecified atom stereocenters. The monoisotopic (exact) mass is 203 g/mol. The van der Waals surface area contributed by atoms with E-state index in [1.165, 1.54) is 17.7 Å². The minimum Gasteiger partial charge on any atom is -0.227 e. The molecule has 0 saturated heterocycles. The maximum absolute atomic E-state index is 12.6. The van der Waals surface area contributed by atoms with Crippen LogP contribution in [0.5, 0.6) is 0 Å². The third-order valence-corrected chi connectivity index (χ3v) is 1.77. The lowest BCUT2D eigenvalue weighted by Gasteiger charge is -2.04. The summed E-state index contributed by atoms with van der Waals surface area (Å²) < 4.78 is 14.1. The zero-order valence-electron chi connectivity index (χ0n) is 7.75. The summed E-state index contributed by atoms with van der Waals surface area (Å²) in [6.45, 7) is 4.88. The van der Waals surface area contributed by atoms with Gasteiger partial charge in [0.25, 0.3) is 0 Å². The van der Waals surface area contributed by atoms with Crippen LogP contribution >= 0.6 is 11.6 Å². The number of aromatic nitrogens is 3. The molecule has 0 aromatic carbocycles. The van der Waals surface area contributed by atoms with Crippen molar-refractivity contribution < 1.29 is 4.39 Å². The number of alkyl halides is 1.